The van der Waals surface area contributed by atoms with Gasteiger partial charge in [0.2, 0.25) is 11.8 Å². The Balaban J connectivity index is 1.82. The molecule has 3 unspecified atom stereocenters. The van der Waals surface area contributed by atoms with Crippen LogP contribution in [0.25, 0.3) is 0 Å². The minimum Gasteiger partial charge on any atom is -0.349 e. The molecule has 0 aliphatic carbocycles. The largest absolute Gasteiger partial charge is 0.349 e. The molecule has 2 aromatic rings. The first kappa shape index (κ1) is 21.9. The number of nitrogens with one attached hydrogen (secondary N) is 1. The molecular weight excluding hydrogens is 388 g/mol. The molecule has 3 rings (SSSR count). The van der Waals surface area contributed by atoms with E-state index < -0.39 is 12.0 Å². The quantitative estimate of drug-likeness (QED) is 0.755. The summed E-state index contributed by atoms with van der Waals surface area (Å²) in [5, 5.41) is 3.06. The Bertz CT molecular complexity index is 884. The Morgan fingerprint density at radius 1 is 1.10 bits per heavy atom. The summed E-state index contributed by atoms with van der Waals surface area (Å²) in [6.45, 7) is 0.729. The first-order valence-corrected chi connectivity index (χ1v) is 9.98. The smallest absolute Gasteiger partial charge is 0.226 e. The van der Waals surface area contributed by atoms with Gasteiger partial charge in [0.1, 0.15) is 11.6 Å². The lowest BCUT2D eigenvalue weighted by atomic mass is 9.92. The number of nitrogens with zero attached hydrogens (tertiary/aromatic N) is 2. The molecular formula is C23H27F2N3O2. The number of hydrogen-bond donors (Lipinski definition) is 1. The van der Waals surface area contributed by atoms with Crippen LogP contribution in [0.2, 0.25) is 0 Å². The molecule has 3 atom stereocenters. The van der Waals surface area contributed by atoms with Gasteiger partial charge < -0.3 is 15.1 Å². The molecule has 0 bridgehead atoms. The minimum atomic E-state index is -0.588. The van der Waals surface area contributed by atoms with Crippen molar-refractivity contribution in [1.29, 1.82) is 0 Å². The molecule has 1 saturated heterocycles. The van der Waals surface area contributed by atoms with Crippen LogP contribution < -0.4 is 5.32 Å². The predicted molar refractivity (Wildman–Crippen MR) is 110 cm³/mol. The highest BCUT2D eigenvalue weighted by molar-refractivity contribution is 5.90. The third-order valence-electron chi connectivity index (χ3n) is 5.59. The highest BCUT2D eigenvalue weighted by Crippen LogP contribution is 2.37. The zero-order valence-corrected chi connectivity index (χ0v) is 17.4. The molecule has 2 amide bonds. The normalized spacial score (nSPS) is 19.9. The number of amides is 2. The summed E-state index contributed by atoms with van der Waals surface area (Å²) in [6.07, 6.45) is 0.732. The van der Waals surface area contributed by atoms with E-state index in [2.05, 4.69) is 5.32 Å². The second-order valence-corrected chi connectivity index (χ2v) is 8.02. The van der Waals surface area contributed by atoms with Gasteiger partial charge in [0.05, 0.1) is 18.0 Å². The summed E-state index contributed by atoms with van der Waals surface area (Å²) in [6, 6.07) is 11.2. The molecule has 1 aliphatic rings. The summed E-state index contributed by atoms with van der Waals surface area (Å²) in [7, 11) is 5.55. The first-order chi connectivity index (χ1) is 14.3. The second-order valence-electron chi connectivity index (χ2n) is 8.02. The molecule has 1 aliphatic heterocycles. The van der Waals surface area contributed by atoms with E-state index in [-0.39, 0.29) is 35.9 Å². The van der Waals surface area contributed by atoms with Crippen LogP contribution in [0, 0.1) is 17.6 Å². The number of hydrogen-bond acceptors (Lipinski definition) is 3. The minimum absolute atomic E-state index is 0.0915. The van der Waals surface area contributed by atoms with Crippen LogP contribution in [-0.4, -0.2) is 49.3 Å². The maximum Gasteiger partial charge on any atom is 0.226 e. The Labute approximate surface area is 175 Å². The Kier molecular flexibility index (Phi) is 6.82. The third kappa shape index (κ3) is 5.02. The molecule has 7 heteroatoms. The average Bonchev–Trinajstić information content (AvgIpc) is 3.01. The van der Waals surface area contributed by atoms with E-state index in [0.717, 1.165) is 17.7 Å². The zero-order chi connectivity index (χ0) is 21.8. The fraction of sp³-hybridized carbons (Fsp3) is 0.391. The lowest BCUT2D eigenvalue weighted by Gasteiger charge is -2.27. The molecule has 0 aromatic heterocycles. The summed E-state index contributed by atoms with van der Waals surface area (Å²) < 4.78 is 26.7. The fourth-order valence-electron chi connectivity index (χ4n) is 3.90. The SMILES string of the molecule is CN(C)CCC(NC(=O)C1CC(=O)N(C)C1c1ccc(F)cc1)c1ccc(F)cc1. The van der Waals surface area contributed by atoms with E-state index in [9.17, 15) is 18.4 Å². The van der Waals surface area contributed by atoms with Gasteiger partial charge >= 0.3 is 0 Å². The van der Waals surface area contributed by atoms with Gasteiger partial charge in [-0.25, -0.2) is 8.78 Å². The van der Waals surface area contributed by atoms with Crippen LogP contribution in [0.15, 0.2) is 48.5 Å². The van der Waals surface area contributed by atoms with Crippen molar-refractivity contribution in [1.82, 2.24) is 15.1 Å². The predicted octanol–water partition coefficient (Wildman–Crippen LogP) is 3.29. The van der Waals surface area contributed by atoms with Crippen LogP contribution in [0.3, 0.4) is 0 Å². The Hall–Kier alpha value is -2.80. The molecule has 1 fully saturated rings. The van der Waals surface area contributed by atoms with Gasteiger partial charge in [-0.2, -0.15) is 0 Å². The molecule has 5 nitrogen and oxygen atoms in total. The van der Waals surface area contributed by atoms with Gasteiger partial charge in [0.15, 0.2) is 0 Å². The Morgan fingerprint density at radius 3 is 2.23 bits per heavy atom. The van der Waals surface area contributed by atoms with E-state index in [1.54, 1.807) is 36.2 Å². The summed E-state index contributed by atoms with van der Waals surface area (Å²) in [5.41, 5.74) is 1.53. The first-order valence-electron chi connectivity index (χ1n) is 9.98. The highest BCUT2D eigenvalue weighted by atomic mass is 19.1. The molecule has 0 spiro atoms. The molecule has 0 saturated carbocycles. The third-order valence-corrected chi connectivity index (χ3v) is 5.59. The number of rotatable bonds is 7. The topological polar surface area (TPSA) is 52.7 Å². The van der Waals surface area contributed by atoms with Crippen LogP contribution in [0.4, 0.5) is 8.78 Å². The van der Waals surface area contributed by atoms with Crippen LogP contribution >= 0.6 is 0 Å². The molecule has 30 heavy (non-hydrogen) atoms. The number of benzene rings is 2. The van der Waals surface area contributed by atoms with Crippen molar-refractivity contribution in [2.24, 2.45) is 5.92 Å². The summed E-state index contributed by atoms with van der Waals surface area (Å²) in [4.78, 5) is 29.2. The van der Waals surface area contributed by atoms with Gasteiger partial charge in [-0.1, -0.05) is 24.3 Å². The van der Waals surface area contributed by atoms with Crippen molar-refractivity contribution in [2.45, 2.75) is 24.9 Å². The van der Waals surface area contributed by atoms with Crippen LogP contribution in [-0.2, 0) is 9.59 Å². The van der Waals surface area contributed by atoms with Gasteiger partial charge in [-0.05, 0) is 62.5 Å². The zero-order valence-electron chi connectivity index (χ0n) is 17.4. The monoisotopic (exact) mass is 415 g/mol. The van der Waals surface area contributed by atoms with E-state index in [1.165, 1.54) is 24.3 Å². The lowest BCUT2D eigenvalue weighted by Crippen LogP contribution is -2.37. The number of halogens is 2. The van der Waals surface area contributed by atoms with Crippen molar-refractivity contribution >= 4 is 11.8 Å². The Morgan fingerprint density at radius 2 is 1.67 bits per heavy atom. The van der Waals surface area contributed by atoms with Gasteiger partial charge in [-0.3, -0.25) is 9.59 Å². The molecule has 1 heterocycles. The van der Waals surface area contributed by atoms with Gasteiger partial charge in [0, 0.05) is 13.5 Å². The second kappa shape index (κ2) is 9.34. The van der Waals surface area contributed by atoms with E-state index in [4.69, 9.17) is 0 Å². The van der Waals surface area contributed by atoms with Gasteiger partial charge in [0.25, 0.3) is 0 Å². The average molecular weight is 415 g/mol. The maximum absolute atomic E-state index is 13.4. The maximum atomic E-state index is 13.4. The summed E-state index contributed by atoms with van der Waals surface area (Å²) in [5.74, 6) is -1.66. The molecule has 160 valence electrons. The van der Waals surface area contributed by atoms with Crippen molar-refractivity contribution in [2.75, 3.05) is 27.7 Å². The molecule has 1 N–H and O–H groups in total. The van der Waals surface area contributed by atoms with E-state index in [1.807, 2.05) is 19.0 Å². The van der Waals surface area contributed by atoms with Crippen molar-refractivity contribution in [3.8, 4) is 0 Å². The van der Waals surface area contributed by atoms with Crippen molar-refractivity contribution < 1.29 is 18.4 Å². The van der Waals surface area contributed by atoms with Crippen LogP contribution in [0.5, 0.6) is 0 Å². The highest BCUT2D eigenvalue weighted by Gasteiger charge is 2.43. The molecule has 2 aromatic carbocycles. The molecule has 0 radical (unpaired) electrons. The fourth-order valence-corrected chi connectivity index (χ4v) is 3.90. The van der Waals surface area contributed by atoms with E-state index in [0.29, 0.717) is 6.42 Å². The number of likely N-dealkylation sites (tertiary alicyclic amines) is 1. The van der Waals surface area contributed by atoms with Crippen molar-refractivity contribution in [3.63, 3.8) is 0 Å². The lowest BCUT2D eigenvalue weighted by molar-refractivity contribution is -0.128. The van der Waals surface area contributed by atoms with Crippen molar-refractivity contribution in [3.05, 3.63) is 71.3 Å². The number of carbonyl (C=O) groups excluding carboxylic acids is 2. The standard InChI is InChI=1S/C23H27F2N3O2/c1-27(2)13-12-20(15-4-8-17(24)9-5-15)26-23(30)19-14-21(29)28(3)22(19)16-6-10-18(25)11-7-16/h4-11,19-20,22H,12-14H2,1-3H3,(H,26,30). The van der Waals surface area contributed by atoms with E-state index >= 15 is 0 Å². The van der Waals surface area contributed by atoms with Gasteiger partial charge in [-0.15, -0.1) is 0 Å². The summed E-state index contributed by atoms with van der Waals surface area (Å²) >= 11 is 0. The van der Waals surface area contributed by atoms with Crippen LogP contribution in [0.1, 0.15) is 36.1 Å². The number of carbonyl (C=O) groups is 2.